The van der Waals surface area contributed by atoms with Crippen LogP contribution in [0.4, 0.5) is 0 Å². The van der Waals surface area contributed by atoms with Crippen LogP contribution in [0.5, 0.6) is 0 Å². The number of benzene rings is 1. The second-order valence-corrected chi connectivity index (χ2v) is 6.84. The molecule has 1 aromatic carbocycles. The van der Waals surface area contributed by atoms with E-state index < -0.39 is 9.84 Å². The molecule has 1 aliphatic rings. The normalized spacial score (nSPS) is 18.7. The van der Waals surface area contributed by atoms with E-state index in [1.165, 1.54) is 0 Å². The van der Waals surface area contributed by atoms with Crippen molar-refractivity contribution in [2.24, 2.45) is 0 Å². The summed E-state index contributed by atoms with van der Waals surface area (Å²) in [6.45, 7) is 1.04. The van der Waals surface area contributed by atoms with Crippen LogP contribution in [-0.4, -0.2) is 50.2 Å². The van der Waals surface area contributed by atoms with Crippen molar-refractivity contribution in [1.82, 2.24) is 4.90 Å². The smallest absolute Gasteiger partial charge is 0.176 e. The predicted molar refractivity (Wildman–Crippen MR) is 70.6 cm³/mol. The van der Waals surface area contributed by atoms with Gasteiger partial charge < -0.3 is 0 Å². The first-order valence-corrected chi connectivity index (χ1v) is 7.78. The second-order valence-electron chi connectivity index (χ2n) is 4.54. The molecule has 0 aliphatic carbocycles. The Morgan fingerprint density at radius 3 is 2.32 bits per heavy atom. The third-order valence-corrected chi connectivity index (χ3v) is 4.75. The Balaban J connectivity index is 1.96. The standard InChI is InChI=1S/C13H14N2O3S/c14-9-11-1-3-12(4-2-11)13(16)10-15-5-7-19(17,18)8-6-15/h1-4H,5-8,10H2. The van der Waals surface area contributed by atoms with Crippen LogP contribution in [0, 0.1) is 11.3 Å². The van der Waals surface area contributed by atoms with Crippen molar-refractivity contribution < 1.29 is 13.2 Å². The maximum atomic E-state index is 12.0. The maximum absolute atomic E-state index is 12.0. The van der Waals surface area contributed by atoms with Gasteiger partial charge >= 0.3 is 0 Å². The van der Waals surface area contributed by atoms with E-state index in [2.05, 4.69) is 0 Å². The molecule has 0 aromatic heterocycles. The molecule has 5 nitrogen and oxygen atoms in total. The molecular weight excluding hydrogens is 264 g/mol. The SMILES string of the molecule is N#Cc1ccc(C(=O)CN2CCS(=O)(=O)CC2)cc1. The summed E-state index contributed by atoms with van der Waals surface area (Å²) < 4.78 is 22.6. The minimum absolute atomic E-state index is 0.0520. The van der Waals surface area contributed by atoms with Gasteiger partial charge in [-0.15, -0.1) is 0 Å². The van der Waals surface area contributed by atoms with Crippen molar-refractivity contribution in [1.29, 1.82) is 5.26 Å². The van der Waals surface area contributed by atoms with E-state index in [9.17, 15) is 13.2 Å². The quantitative estimate of drug-likeness (QED) is 0.751. The molecule has 1 aliphatic heterocycles. The fourth-order valence-corrected chi connectivity index (χ4v) is 3.21. The number of nitriles is 1. The van der Waals surface area contributed by atoms with E-state index in [1.807, 2.05) is 11.0 Å². The molecule has 1 aromatic rings. The average molecular weight is 278 g/mol. The highest BCUT2D eigenvalue weighted by molar-refractivity contribution is 7.91. The summed E-state index contributed by atoms with van der Waals surface area (Å²) in [6, 6.07) is 8.46. The maximum Gasteiger partial charge on any atom is 0.176 e. The molecule has 19 heavy (non-hydrogen) atoms. The van der Waals surface area contributed by atoms with E-state index in [1.54, 1.807) is 24.3 Å². The summed E-state index contributed by atoms with van der Waals surface area (Å²) in [6.07, 6.45) is 0. The zero-order chi connectivity index (χ0) is 13.9. The number of carbonyl (C=O) groups excluding carboxylic acids is 1. The van der Waals surface area contributed by atoms with Gasteiger partial charge in [-0.2, -0.15) is 5.26 Å². The summed E-state index contributed by atoms with van der Waals surface area (Å²) >= 11 is 0. The monoisotopic (exact) mass is 278 g/mol. The van der Waals surface area contributed by atoms with Gasteiger partial charge in [0.1, 0.15) is 0 Å². The fraction of sp³-hybridized carbons (Fsp3) is 0.385. The molecule has 0 N–H and O–H groups in total. The Kier molecular flexibility index (Phi) is 3.98. The minimum Gasteiger partial charge on any atom is -0.294 e. The van der Waals surface area contributed by atoms with Crippen LogP contribution >= 0.6 is 0 Å². The summed E-state index contributed by atoms with van der Waals surface area (Å²) in [5.41, 5.74) is 1.06. The minimum atomic E-state index is -2.91. The highest BCUT2D eigenvalue weighted by atomic mass is 32.2. The molecule has 0 bridgehead atoms. The van der Waals surface area contributed by atoms with Crippen LogP contribution in [0.3, 0.4) is 0 Å². The summed E-state index contributed by atoms with van der Waals surface area (Å²) in [5, 5.41) is 8.68. The molecule has 6 heteroatoms. The number of Topliss-reactive ketones (excluding diaryl/α,β-unsaturated/α-hetero) is 1. The Morgan fingerprint density at radius 2 is 1.79 bits per heavy atom. The lowest BCUT2D eigenvalue weighted by molar-refractivity contribution is 0.0936. The van der Waals surface area contributed by atoms with Gasteiger partial charge in [-0.25, -0.2) is 8.42 Å². The zero-order valence-corrected chi connectivity index (χ0v) is 11.2. The molecule has 0 atom stereocenters. The number of carbonyl (C=O) groups is 1. The van der Waals surface area contributed by atoms with Crippen LogP contribution in [0.2, 0.25) is 0 Å². The Morgan fingerprint density at radius 1 is 1.21 bits per heavy atom. The van der Waals surface area contributed by atoms with Gasteiger partial charge in [0.2, 0.25) is 0 Å². The van der Waals surface area contributed by atoms with E-state index in [0.29, 0.717) is 24.2 Å². The van der Waals surface area contributed by atoms with E-state index in [4.69, 9.17) is 5.26 Å². The first kappa shape index (κ1) is 13.7. The van der Waals surface area contributed by atoms with Crippen LogP contribution in [0.25, 0.3) is 0 Å². The Hall–Kier alpha value is -1.71. The van der Waals surface area contributed by atoms with Gasteiger partial charge in [0.15, 0.2) is 15.6 Å². The van der Waals surface area contributed by atoms with E-state index >= 15 is 0 Å². The first-order valence-electron chi connectivity index (χ1n) is 5.96. The molecule has 0 saturated carbocycles. The largest absolute Gasteiger partial charge is 0.294 e. The molecule has 0 radical (unpaired) electrons. The van der Waals surface area contributed by atoms with Crippen LogP contribution in [0.15, 0.2) is 24.3 Å². The second kappa shape index (κ2) is 5.51. The lowest BCUT2D eigenvalue weighted by Crippen LogP contribution is -2.42. The lowest BCUT2D eigenvalue weighted by Gasteiger charge is -2.25. The Bertz CT molecular complexity index is 600. The number of hydrogen-bond acceptors (Lipinski definition) is 5. The molecule has 0 unspecified atom stereocenters. The third-order valence-electron chi connectivity index (χ3n) is 3.14. The van der Waals surface area contributed by atoms with Gasteiger partial charge in [0, 0.05) is 18.7 Å². The van der Waals surface area contributed by atoms with Crippen molar-refractivity contribution in [3.63, 3.8) is 0 Å². The average Bonchev–Trinajstić information content (AvgIpc) is 2.41. The van der Waals surface area contributed by atoms with Crippen molar-refractivity contribution in [3.8, 4) is 6.07 Å². The third kappa shape index (κ3) is 3.63. The van der Waals surface area contributed by atoms with Crippen LogP contribution < -0.4 is 0 Å². The molecule has 0 amide bonds. The van der Waals surface area contributed by atoms with Crippen LogP contribution in [-0.2, 0) is 9.84 Å². The fourth-order valence-electron chi connectivity index (χ4n) is 1.93. The first-order chi connectivity index (χ1) is 9.00. The van der Waals surface area contributed by atoms with Gasteiger partial charge in [0.25, 0.3) is 0 Å². The Labute approximate surface area is 112 Å². The van der Waals surface area contributed by atoms with Crippen LogP contribution in [0.1, 0.15) is 15.9 Å². The molecule has 1 heterocycles. The molecule has 1 saturated heterocycles. The molecular formula is C13H14N2O3S. The van der Waals surface area contributed by atoms with E-state index in [-0.39, 0.29) is 23.8 Å². The summed E-state index contributed by atoms with van der Waals surface area (Å²) in [7, 11) is -2.91. The van der Waals surface area contributed by atoms with Gasteiger partial charge in [-0.1, -0.05) is 12.1 Å². The topological polar surface area (TPSA) is 78.2 Å². The van der Waals surface area contributed by atoms with Crippen molar-refractivity contribution >= 4 is 15.6 Å². The summed E-state index contributed by atoms with van der Waals surface area (Å²) in [5.74, 6) is 0.185. The lowest BCUT2D eigenvalue weighted by atomic mass is 10.1. The molecule has 2 rings (SSSR count). The predicted octanol–water partition coefficient (Wildman–Crippen LogP) is 0.471. The van der Waals surface area contributed by atoms with Crippen molar-refractivity contribution in [2.45, 2.75) is 0 Å². The van der Waals surface area contributed by atoms with E-state index in [0.717, 1.165) is 0 Å². The highest BCUT2D eigenvalue weighted by Gasteiger charge is 2.23. The zero-order valence-electron chi connectivity index (χ0n) is 10.4. The molecule has 100 valence electrons. The van der Waals surface area contributed by atoms with Gasteiger partial charge in [-0.05, 0) is 12.1 Å². The van der Waals surface area contributed by atoms with Gasteiger partial charge in [0.05, 0.1) is 29.7 Å². The number of nitrogens with zero attached hydrogens (tertiary/aromatic N) is 2. The number of hydrogen-bond donors (Lipinski definition) is 0. The highest BCUT2D eigenvalue weighted by Crippen LogP contribution is 2.08. The summed E-state index contributed by atoms with van der Waals surface area (Å²) in [4.78, 5) is 13.8. The van der Waals surface area contributed by atoms with Crippen molar-refractivity contribution in [3.05, 3.63) is 35.4 Å². The number of rotatable bonds is 3. The number of sulfone groups is 1. The molecule has 0 spiro atoms. The van der Waals surface area contributed by atoms with Gasteiger partial charge in [-0.3, -0.25) is 9.69 Å². The molecule has 1 fully saturated rings. The van der Waals surface area contributed by atoms with Crippen molar-refractivity contribution in [2.75, 3.05) is 31.1 Å². The number of ketones is 1.